The Morgan fingerprint density at radius 3 is 2.57 bits per heavy atom. The average Bonchev–Trinajstić information content (AvgIpc) is 2.79. The monoisotopic (exact) mass is 310 g/mol. The molecule has 0 bridgehead atoms. The highest BCUT2D eigenvalue weighted by Crippen LogP contribution is 2.33. The highest BCUT2D eigenvalue weighted by molar-refractivity contribution is 6.33. The van der Waals surface area contributed by atoms with Gasteiger partial charge in [0.25, 0.3) is 0 Å². The number of amides is 2. The number of halogens is 1. The molecule has 114 valence electrons. The van der Waals surface area contributed by atoms with Gasteiger partial charge in [-0.25, -0.2) is 0 Å². The molecule has 0 spiro atoms. The lowest BCUT2D eigenvalue weighted by atomic mass is 9.97. The number of hydrogen-bond donors (Lipinski definition) is 3. The summed E-state index contributed by atoms with van der Waals surface area (Å²) in [4.78, 5) is 23.1. The fourth-order valence-corrected chi connectivity index (χ4v) is 2.77. The Bertz CT molecular complexity index is 554. The SMILES string of the molecule is CC(=O)Nc1cc(NC(=O)CC2(O)CCCC2)ccc1Cl. The lowest BCUT2D eigenvalue weighted by Gasteiger charge is -2.21. The van der Waals surface area contributed by atoms with Gasteiger partial charge >= 0.3 is 0 Å². The van der Waals surface area contributed by atoms with Crippen LogP contribution in [0.15, 0.2) is 18.2 Å². The van der Waals surface area contributed by atoms with E-state index in [-0.39, 0.29) is 18.2 Å². The molecule has 1 fully saturated rings. The molecule has 3 N–H and O–H groups in total. The predicted octanol–water partition coefficient (Wildman–Crippen LogP) is 2.93. The van der Waals surface area contributed by atoms with Crippen molar-refractivity contribution in [2.75, 3.05) is 10.6 Å². The van der Waals surface area contributed by atoms with Crippen molar-refractivity contribution in [3.63, 3.8) is 0 Å². The Labute approximate surface area is 128 Å². The maximum absolute atomic E-state index is 12.0. The number of hydrogen-bond acceptors (Lipinski definition) is 3. The van der Waals surface area contributed by atoms with Gasteiger partial charge in [0, 0.05) is 12.6 Å². The average molecular weight is 311 g/mol. The first-order valence-corrected chi connectivity index (χ1v) is 7.35. The molecule has 0 heterocycles. The molecule has 0 aliphatic heterocycles. The second-order valence-electron chi connectivity index (χ2n) is 5.53. The molecule has 0 saturated heterocycles. The van der Waals surface area contributed by atoms with E-state index in [2.05, 4.69) is 10.6 Å². The summed E-state index contributed by atoms with van der Waals surface area (Å²) < 4.78 is 0. The van der Waals surface area contributed by atoms with Crippen molar-refractivity contribution in [3.8, 4) is 0 Å². The molecule has 1 saturated carbocycles. The molecule has 1 aliphatic carbocycles. The first-order chi connectivity index (χ1) is 9.88. The summed E-state index contributed by atoms with van der Waals surface area (Å²) in [6.45, 7) is 1.39. The molecular weight excluding hydrogens is 292 g/mol. The van der Waals surface area contributed by atoms with Crippen molar-refractivity contribution in [2.45, 2.75) is 44.6 Å². The Morgan fingerprint density at radius 1 is 1.29 bits per heavy atom. The summed E-state index contributed by atoms with van der Waals surface area (Å²) in [6.07, 6.45) is 3.33. The first-order valence-electron chi connectivity index (χ1n) is 6.97. The van der Waals surface area contributed by atoms with Crippen LogP contribution in [0.4, 0.5) is 11.4 Å². The Balaban J connectivity index is 2.02. The van der Waals surface area contributed by atoms with E-state index < -0.39 is 5.60 Å². The van der Waals surface area contributed by atoms with E-state index in [1.807, 2.05) is 0 Å². The zero-order chi connectivity index (χ0) is 15.5. The predicted molar refractivity (Wildman–Crippen MR) is 82.4 cm³/mol. The summed E-state index contributed by atoms with van der Waals surface area (Å²) >= 11 is 5.97. The zero-order valence-corrected chi connectivity index (χ0v) is 12.7. The largest absolute Gasteiger partial charge is 0.389 e. The van der Waals surface area contributed by atoms with Crippen LogP contribution >= 0.6 is 11.6 Å². The molecule has 1 aromatic rings. The van der Waals surface area contributed by atoms with Crippen molar-refractivity contribution < 1.29 is 14.7 Å². The smallest absolute Gasteiger partial charge is 0.227 e. The minimum Gasteiger partial charge on any atom is -0.389 e. The number of benzene rings is 1. The van der Waals surface area contributed by atoms with E-state index in [1.54, 1.807) is 18.2 Å². The maximum atomic E-state index is 12.0. The van der Waals surface area contributed by atoms with Crippen LogP contribution in [0.5, 0.6) is 0 Å². The minimum atomic E-state index is -0.878. The van der Waals surface area contributed by atoms with Crippen molar-refractivity contribution in [1.29, 1.82) is 0 Å². The molecular formula is C15H19ClN2O3. The number of carbonyl (C=O) groups is 2. The number of rotatable bonds is 4. The van der Waals surface area contributed by atoms with Crippen molar-refractivity contribution in [2.24, 2.45) is 0 Å². The fourth-order valence-electron chi connectivity index (χ4n) is 2.60. The van der Waals surface area contributed by atoms with E-state index in [0.717, 1.165) is 12.8 Å². The van der Waals surface area contributed by atoms with Gasteiger partial charge in [-0.15, -0.1) is 0 Å². The molecule has 1 aliphatic rings. The summed E-state index contributed by atoms with van der Waals surface area (Å²) in [5.74, 6) is -0.476. The van der Waals surface area contributed by atoms with Gasteiger partial charge in [0.2, 0.25) is 11.8 Å². The lowest BCUT2D eigenvalue weighted by Crippen LogP contribution is -2.30. The fraction of sp³-hybridized carbons (Fsp3) is 0.467. The van der Waals surface area contributed by atoms with Crippen molar-refractivity contribution >= 4 is 34.8 Å². The summed E-state index contributed by atoms with van der Waals surface area (Å²) in [5.41, 5.74) is 0.105. The number of anilines is 2. The molecule has 21 heavy (non-hydrogen) atoms. The topological polar surface area (TPSA) is 78.4 Å². The third-order valence-corrected chi connectivity index (χ3v) is 3.91. The lowest BCUT2D eigenvalue weighted by molar-refractivity contribution is -0.120. The van der Waals surface area contributed by atoms with Gasteiger partial charge in [-0.2, -0.15) is 0 Å². The quantitative estimate of drug-likeness (QED) is 0.800. The molecule has 0 aromatic heterocycles. The van der Waals surface area contributed by atoms with Crippen LogP contribution in [0.25, 0.3) is 0 Å². The third-order valence-electron chi connectivity index (χ3n) is 3.58. The van der Waals surface area contributed by atoms with Crippen LogP contribution in [-0.4, -0.2) is 22.5 Å². The zero-order valence-electron chi connectivity index (χ0n) is 11.9. The highest BCUT2D eigenvalue weighted by atomic mass is 35.5. The van der Waals surface area contributed by atoms with E-state index in [4.69, 9.17) is 11.6 Å². The van der Waals surface area contributed by atoms with Crippen LogP contribution < -0.4 is 10.6 Å². The summed E-state index contributed by atoms with van der Waals surface area (Å²) in [7, 11) is 0. The van der Waals surface area contributed by atoms with Crippen LogP contribution in [-0.2, 0) is 9.59 Å². The van der Waals surface area contributed by atoms with Gasteiger partial charge in [0.15, 0.2) is 0 Å². The van der Waals surface area contributed by atoms with Gasteiger partial charge in [-0.05, 0) is 31.0 Å². The van der Waals surface area contributed by atoms with Gasteiger partial charge < -0.3 is 15.7 Å². The third kappa shape index (κ3) is 4.44. The van der Waals surface area contributed by atoms with Crippen molar-refractivity contribution in [3.05, 3.63) is 23.2 Å². The van der Waals surface area contributed by atoms with Gasteiger partial charge in [0.1, 0.15) is 0 Å². The Kier molecular flexibility index (Phi) is 4.85. The van der Waals surface area contributed by atoms with Crippen LogP contribution in [0.1, 0.15) is 39.0 Å². The van der Waals surface area contributed by atoms with Crippen LogP contribution in [0.3, 0.4) is 0 Å². The van der Waals surface area contributed by atoms with Gasteiger partial charge in [-0.3, -0.25) is 9.59 Å². The molecule has 2 amide bonds. The Morgan fingerprint density at radius 2 is 1.95 bits per heavy atom. The first kappa shape index (κ1) is 15.8. The summed E-state index contributed by atoms with van der Waals surface area (Å²) in [6, 6.07) is 4.86. The Hall–Kier alpha value is -1.59. The number of aliphatic hydroxyl groups is 1. The highest BCUT2D eigenvalue weighted by Gasteiger charge is 2.33. The molecule has 6 heteroatoms. The molecule has 2 rings (SSSR count). The normalized spacial score (nSPS) is 16.5. The standard InChI is InChI=1S/C15H19ClN2O3/c1-10(19)17-13-8-11(4-5-12(13)16)18-14(20)9-15(21)6-2-3-7-15/h4-5,8,21H,2-3,6-7,9H2,1H3,(H,17,19)(H,18,20). The van der Waals surface area contributed by atoms with E-state index in [1.165, 1.54) is 6.92 Å². The van der Waals surface area contributed by atoms with E-state index in [9.17, 15) is 14.7 Å². The number of carbonyl (C=O) groups excluding carboxylic acids is 2. The van der Waals surface area contributed by atoms with E-state index in [0.29, 0.717) is 29.2 Å². The second kappa shape index (κ2) is 6.45. The molecule has 0 radical (unpaired) electrons. The molecule has 0 unspecified atom stereocenters. The molecule has 0 atom stereocenters. The van der Waals surface area contributed by atoms with Crippen LogP contribution in [0, 0.1) is 0 Å². The van der Waals surface area contributed by atoms with Crippen LogP contribution in [0.2, 0.25) is 5.02 Å². The molecule has 5 nitrogen and oxygen atoms in total. The number of nitrogens with one attached hydrogen (secondary N) is 2. The maximum Gasteiger partial charge on any atom is 0.227 e. The van der Waals surface area contributed by atoms with Gasteiger partial charge in [0.05, 0.1) is 22.7 Å². The molecule has 1 aromatic carbocycles. The van der Waals surface area contributed by atoms with Gasteiger partial charge in [-0.1, -0.05) is 24.4 Å². The minimum absolute atomic E-state index is 0.0884. The second-order valence-corrected chi connectivity index (χ2v) is 5.94. The van der Waals surface area contributed by atoms with E-state index >= 15 is 0 Å². The summed E-state index contributed by atoms with van der Waals surface area (Å²) in [5, 5.41) is 15.9. The van der Waals surface area contributed by atoms with Crippen molar-refractivity contribution in [1.82, 2.24) is 0 Å².